The van der Waals surface area contributed by atoms with Gasteiger partial charge in [-0.2, -0.15) is 0 Å². The second-order valence-electron chi connectivity index (χ2n) is 4.88. The second-order valence-corrected chi connectivity index (χ2v) is 4.88. The molecule has 5 heteroatoms. The first-order chi connectivity index (χ1) is 10.1. The van der Waals surface area contributed by atoms with Crippen LogP contribution in [0.5, 0.6) is 0 Å². The van der Waals surface area contributed by atoms with Crippen LogP contribution in [0, 0.1) is 12.7 Å². The van der Waals surface area contributed by atoms with Crippen LogP contribution in [-0.2, 0) is 6.54 Å². The molecular weight excluding hydrogens is 267 g/mol. The normalized spacial score (nSPS) is 10.8. The lowest BCUT2D eigenvalue weighted by molar-refractivity contribution is 0.632. The third-order valence-electron chi connectivity index (χ3n) is 3.32. The number of pyridine rings is 2. The molecular formula is C16H15FN4. The van der Waals surface area contributed by atoms with E-state index in [-0.39, 0.29) is 0 Å². The Labute approximate surface area is 121 Å². The van der Waals surface area contributed by atoms with Gasteiger partial charge in [-0.3, -0.25) is 9.97 Å². The first-order valence-corrected chi connectivity index (χ1v) is 6.63. The highest BCUT2D eigenvalue weighted by Crippen LogP contribution is 2.29. The third-order valence-corrected chi connectivity index (χ3v) is 3.32. The number of nitrogens with one attached hydrogen (secondary N) is 1. The molecule has 2 heterocycles. The molecule has 0 radical (unpaired) electrons. The number of rotatable bonds is 3. The molecule has 0 saturated heterocycles. The van der Waals surface area contributed by atoms with Gasteiger partial charge in [0.05, 0.1) is 11.2 Å². The Bertz CT molecular complexity index is 784. The van der Waals surface area contributed by atoms with Crippen molar-refractivity contribution in [2.24, 2.45) is 0 Å². The summed E-state index contributed by atoms with van der Waals surface area (Å²) >= 11 is 0. The van der Waals surface area contributed by atoms with Crippen LogP contribution in [0.1, 0.15) is 11.3 Å². The number of hydrogen-bond donors (Lipinski definition) is 2. The maximum absolute atomic E-state index is 14.1. The van der Waals surface area contributed by atoms with Crippen molar-refractivity contribution in [3.8, 4) is 0 Å². The highest BCUT2D eigenvalue weighted by Gasteiger charge is 2.11. The number of fused-ring (bicyclic) bond motifs is 1. The van der Waals surface area contributed by atoms with Crippen LogP contribution < -0.4 is 11.1 Å². The summed E-state index contributed by atoms with van der Waals surface area (Å²) in [4.78, 5) is 8.45. The highest BCUT2D eigenvalue weighted by atomic mass is 19.1. The maximum Gasteiger partial charge on any atom is 0.150 e. The summed E-state index contributed by atoms with van der Waals surface area (Å²) in [5, 5.41) is 3.83. The minimum Gasteiger partial charge on any atom is -0.398 e. The van der Waals surface area contributed by atoms with Crippen LogP contribution in [0.3, 0.4) is 0 Å². The molecule has 0 amide bonds. The second kappa shape index (κ2) is 5.36. The number of halogens is 1. The number of anilines is 2. The topological polar surface area (TPSA) is 63.8 Å². The number of nitrogens with zero attached hydrogens (tertiary/aromatic N) is 2. The van der Waals surface area contributed by atoms with E-state index < -0.39 is 5.82 Å². The number of aromatic nitrogens is 2. The van der Waals surface area contributed by atoms with Crippen molar-refractivity contribution >= 4 is 22.3 Å². The van der Waals surface area contributed by atoms with Gasteiger partial charge in [0, 0.05) is 35.7 Å². The molecule has 0 fully saturated rings. The van der Waals surface area contributed by atoms with Crippen molar-refractivity contribution < 1.29 is 4.39 Å². The molecule has 0 bridgehead atoms. The van der Waals surface area contributed by atoms with E-state index in [0.717, 1.165) is 16.6 Å². The van der Waals surface area contributed by atoms with Crippen molar-refractivity contribution in [1.29, 1.82) is 0 Å². The molecule has 1 aromatic carbocycles. The Hall–Kier alpha value is -2.69. The van der Waals surface area contributed by atoms with Crippen LogP contribution in [0.4, 0.5) is 15.8 Å². The van der Waals surface area contributed by atoms with Gasteiger partial charge in [-0.05, 0) is 36.8 Å². The van der Waals surface area contributed by atoms with Crippen LogP contribution in [-0.4, -0.2) is 9.97 Å². The molecule has 21 heavy (non-hydrogen) atoms. The lowest BCUT2D eigenvalue weighted by Gasteiger charge is -2.12. The molecule has 0 unspecified atom stereocenters. The van der Waals surface area contributed by atoms with Gasteiger partial charge in [0.1, 0.15) is 0 Å². The first kappa shape index (κ1) is 13.3. The molecule has 0 aliphatic heterocycles. The average Bonchev–Trinajstić information content (AvgIpc) is 2.49. The Kier molecular flexibility index (Phi) is 3.39. The molecule has 3 aromatic rings. The van der Waals surface area contributed by atoms with Crippen LogP contribution in [0.2, 0.25) is 0 Å². The van der Waals surface area contributed by atoms with Crippen molar-refractivity contribution in [3.05, 3.63) is 59.8 Å². The third kappa shape index (κ3) is 2.63. The minimum atomic E-state index is -0.404. The molecule has 0 aliphatic carbocycles. The fourth-order valence-corrected chi connectivity index (χ4v) is 2.20. The maximum atomic E-state index is 14.1. The van der Waals surface area contributed by atoms with Crippen LogP contribution in [0.25, 0.3) is 10.9 Å². The zero-order chi connectivity index (χ0) is 14.8. The van der Waals surface area contributed by atoms with Gasteiger partial charge in [-0.1, -0.05) is 6.07 Å². The summed E-state index contributed by atoms with van der Waals surface area (Å²) in [6.45, 7) is 2.40. The summed E-state index contributed by atoms with van der Waals surface area (Å²) in [6, 6.07) is 8.81. The zero-order valence-corrected chi connectivity index (χ0v) is 11.6. The lowest BCUT2D eigenvalue weighted by atomic mass is 10.1. The fourth-order valence-electron chi connectivity index (χ4n) is 2.20. The molecule has 3 rings (SSSR count). The van der Waals surface area contributed by atoms with E-state index in [1.54, 1.807) is 18.5 Å². The lowest BCUT2D eigenvalue weighted by Crippen LogP contribution is -2.04. The molecule has 106 valence electrons. The Morgan fingerprint density at radius 1 is 1.24 bits per heavy atom. The number of nitrogen functional groups attached to an aromatic ring is 1. The van der Waals surface area contributed by atoms with Gasteiger partial charge in [0.2, 0.25) is 0 Å². The average molecular weight is 282 g/mol. The van der Waals surface area contributed by atoms with Gasteiger partial charge < -0.3 is 11.1 Å². The van der Waals surface area contributed by atoms with E-state index in [1.165, 1.54) is 6.07 Å². The quantitative estimate of drug-likeness (QED) is 0.724. The molecule has 0 spiro atoms. The van der Waals surface area contributed by atoms with Gasteiger partial charge >= 0.3 is 0 Å². The van der Waals surface area contributed by atoms with E-state index in [0.29, 0.717) is 23.4 Å². The molecule has 2 aromatic heterocycles. The van der Waals surface area contributed by atoms with Gasteiger partial charge in [0.25, 0.3) is 0 Å². The summed E-state index contributed by atoms with van der Waals surface area (Å²) in [6.07, 6.45) is 3.40. The Balaban J connectivity index is 1.95. The van der Waals surface area contributed by atoms with Crippen molar-refractivity contribution in [1.82, 2.24) is 9.97 Å². The van der Waals surface area contributed by atoms with E-state index in [4.69, 9.17) is 5.73 Å². The van der Waals surface area contributed by atoms with Crippen molar-refractivity contribution in [2.75, 3.05) is 11.1 Å². The largest absolute Gasteiger partial charge is 0.398 e. The summed E-state index contributed by atoms with van der Waals surface area (Å²) in [7, 11) is 0. The van der Waals surface area contributed by atoms with Crippen LogP contribution in [0.15, 0.2) is 42.7 Å². The summed E-state index contributed by atoms with van der Waals surface area (Å²) in [5.74, 6) is -0.404. The van der Waals surface area contributed by atoms with E-state index in [1.807, 2.05) is 25.1 Å². The van der Waals surface area contributed by atoms with E-state index in [2.05, 4.69) is 15.3 Å². The Morgan fingerprint density at radius 3 is 2.86 bits per heavy atom. The van der Waals surface area contributed by atoms with Gasteiger partial charge in [-0.25, -0.2) is 4.39 Å². The predicted octanol–water partition coefficient (Wildman–Crippen LogP) is 3.27. The van der Waals surface area contributed by atoms with Crippen molar-refractivity contribution in [2.45, 2.75) is 13.5 Å². The Morgan fingerprint density at radius 2 is 2.10 bits per heavy atom. The summed E-state index contributed by atoms with van der Waals surface area (Å²) in [5.41, 5.74) is 9.04. The van der Waals surface area contributed by atoms with Gasteiger partial charge in [0.15, 0.2) is 5.82 Å². The first-order valence-electron chi connectivity index (χ1n) is 6.63. The highest BCUT2D eigenvalue weighted by molar-refractivity contribution is 5.98. The van der Waals surface area contributed by atoms with Gasteiger partial charge in [-0.15, -0.1) is 0 Å². The van der Waals surface area contributed by atoms with E-state index >= 15 is 0 Å². The minimum absolute atomic E-state index is 0.361. The molecule has 3 N–H and O–H groups in total. The molecule has 0 saturated carbocycles. The number of nitrogens with two attached hydrogens (primary N) is 1. The number of hydrogen-bond acceptors (Lipinski definition) is 4. The summed E-state index contributed by atoms with van der Waals surface area (Å²) < 4.78 is 14.1. The molecule has 0 atom stereocenters. The number of benzene rings is 1. The monoisotopic (exact) mass is 282 g/mol. The fraction of sp³-hybridized carbons (Fsp3) is 0.125. The number of aryl methyl sites for hydroxylation is 1. The molecule has 4 nitrogen and oxygen atoms in total. The zero-order valence-electron chi connectivity index (χ0n) is 11.6. The van der Waals surface area contributed by atoms with Crippen molar-refractivity contribution in [3.63, 3.8) is 0 Å². The van der Waals surface area contributed by atoms with Crippen LogP contribution >= 0.6 is 0 Å². The predicted molar refractivity (Wildman–Crippen MR) is 82.4 cm³/mol. The molecule has 0 aliphatic rings. The standard InChI is InChI=1S/C16H15FN4/c1-10-4-5-11(8-20-10)9-21-16-13(17)7-14(18)12-3-2-6-19-15(12)16/h2-8,21H,9,18H2,1H3. The SMILES string of the molecule is Cc1ccc(CNc2c(F)cc(N)c3cccnc23)cn1. The van der Waals surface area contributed by atoms with E-state index in [9.17, 15) is 4.39 Å². The smallest absolute Gasteiger partial charge is 0.150 e.